The van der Waals surface area contributed by atoms with E-state index < -0.39 is 17.8 Å². The van der Waals surface area contributed by atoms with Gasteiger partial charge in [0.05, 0.1) is 18.7 Å². The molecule has 0 fully saturated rings. The highest BCUT2D eigenvalue weighted by Crippen LogP contribution is 2.36. The van der Waals surface area contributed by atoms with Gasteiger partial charge in [-0.05, 0) is 24.6 Å². The largest absolute Gasteiger partial charge is 0.466 e. The van der Waals surface area contributed by atoms with E-state index in [1.165, 1.54) is 29.0 Å². The first-order chi connectivity index (χ1) is 9.88. The van der Waals surface area contributed by atoms with Crippen LogP contribution in [-0.4, -0.2) is 43.0 Å². The van der Waals surface area contributed by atoms with Gasteiger partial charge < -0.3 is 14.5 Å². The Kier molecular flexibility index (Phi) is 3.97. The summed E-state index contributed by atoms with van der Waals surface area (Å²) in [7, 11) is 4.43. The Bertz CT molecular complexity index is 627. The average Bonchev–Trinajstić information content (AvgIpc) is 2.47. The van der Waals surface area contributed by atoms with Crippen molar-refractivity contribution in [2.75, 3.05) is 21.2 Å². The molecule has 1 heterocycles. The van der Waals surface area contributed by atoms with Crippen LogP contribution in [0.3, 0.4) is 0 Å². The second-order valence-corrected chi connectivity index (χ2v) is 4.90. The van der Waals surface area contributed by atoms with Gasteiger partial charge in [0.1, 0.15) is 5.82 Å². The standard InChI is InChI=1S/C15H17FN2O3/c1-9-12(14(19)21-4)13(18(3)15(20)17(9)2)10-6-5-7-11(16)8-10/h5-8,13H,1-4H3. The van der Waals surface area contributed by atoms with E-state index in [0.717, 1.165) is 0 Å². The zero-order valence-corrected chi connectivity index (χ0v) is 12.4. The van der Waals surface area contributed by atoms with Crippen LogP contribution in [0.4, 0.5) is 9.18 Å². The molecule has 0 saturated carbocycles. The molecule has 0 bridgehead atoms. The number of amides is 2. The van der Waals surface area contributed by atoms with E-state index in [-0.39, 0.29) is 6.03 Å². The van der Waals surface area contributed by atoms with E-state index in [1.807, 2.05) is 0 Å². The highest BCUT2D eigenvalue weighted by molar-refractivity contribution is 5.94. The molecule has 21 heavy (non-hydrogen) atoms. The van der Waals surface area contributed by atoms with Crippen molar-refractivity contribution in [1.82, 2.24) is 9.80 Å². The minimum Gasteiger partial charge on any atom is -0.466 e. The number of ether oxygens (including phenoxy) is 1. The first-order valence-corrected chi connectivity index (χ1v) is 6.43. The van der Waals surface area contributed by atoms with Crippen LogP contribution in [0.2, 0.25) is 0 Å². The van der Waals surface area contributed by atoms with Crippen molar-refractivity contribution in [2.45, 2.75) is 13.0 Å². The molecule has 1 aliphatic rings. The number of hydrogen-bond donors (Lipinski definition) is 0. The third kappa shape index (κ3) is 2.49. The molecular weight excluding hydrogens is 275 g/mol. The van der Waals surface area contributed by atoms with Crippen molar-refractivity contribution in [3.63, 3.8) is 0 Å². The predicted molar refractivity (Wildman–Crippen MR) is 74.8 cm³/mol. The fraction of sp³-hybridized carbons (Fsp3) is 0.333. The number of benzene rings is 1. The molecule has 1 atom stereocenters. The van der Waals surface area contributed by atoms with Crippen molar-refractivity contribution in [1.29, 1.82) is 0 Å². The second-order valence-electron chi connectivity index (χ2n) is 4.90. The Hall–Kier alpha value is -2.37. The molecular formula is C15H17FN2O3. The normalized spacial score (nSPS) is 19.1. The molecule has 6 heteroatoms. The number of nitrogens with zero attached hydrogens (tertiary/aromatic N) is 2. The Morgan fingerprint density at radius 1 is 1.33 bits per heavy atom. The number of likely N-dealkylation sites (N-methyl/N-ethyl adjacent to an activating group) is 1. The maximum atomic E-state index is 13.5. The van der Waals surface area contributed by atoms with Gasteiger partial charge in [-0.1, -0.05) is 12.1 Å². The maximum absolute atomic E-state index is 13.5. The summed E-state index contributed by atoms with van der Waals surface area (Å²) in [4.78, 5) is 27.1. The molecule has 1 unspecified atom stereocenters. The first-order valence-electron chi connectivity index (χ1n) is 6.43. The van der Waals surface area contributed by atoms with Gasteiger partial charge >= 0.3 is 12.0 Å². The Balaban J connectivity index is 2.64. The van der Waals surface area contributed by atoms with Crippen LogP contribution in [0, 0.1) is 5.82 Å². The van der Waals surface area contributed by atoms with Gasteiger partial charge in [-0.15, -0.1) is 0 Å². The Labute approximate surface area is 122 Å². The van der Waals surface area contributed by atoms with Gasteiger partial charge in [-0.3, -0.25) is 0 Å². The number of rotatable bonds is 2. The number of urea groups is 1. The topological polar surface area (TPSA) is 49.9 Å². The summed E-state index contributed by atoms with van der Waals surface area (Å²) in [5, 5.41) is 0. The van der Waals surface area contributed by atoms with E-state index in [0.29, 0.717) is 16.8 Å². The van der Waals surface area contributed by atoms with Crippen molar-refractivity contribution >= 4 is 12.0 Å². The molecule has 112 valence electrons. The van der Waals surface area contributed by atoms with Crippen LogP contribution >= 0.6 is 0 Å². The lowest BCUT2D eigenvalue weighted by Crippen LogP contribution is -2.47. The number of halogens is 1. The SMILES string of the molecule is COC(=O)C1=C(C)N(C)C(=O)N(C)C1c1cccc(F)c1. The minimum absolute atomic E-state index is 0.269. The Morgan fingerprint density at radius 3 is 2.57 bits per heavy atom. The molecule has 0 N–H and O–H groups in total. The van der Waals surface area contributed by atoms with Crippen molar-refractivity contribution in [2.24, 2.45) is 0 Å². The first kappa shape index (κ1) is 15.0. The van der Waals surface area contributed by atoms with E-state index in [1.54, 1.807) is 33.2 Å². The zero-order valence-electron chi connectivity index (χ0n) is 12.4. The molecule has 0 aromatic heterocycles. The smallest absolute Gasteiger partial charge is 0.337 e. The molecule has 0 aliphatic carbocycles. The predicted octanol–water partition coefficient (Wildman–Crippen LogP) is 2.31. The quantitative estimate of drug-likeness (QED) is 0.786. The van der Waals surface area contributed by atoms with E-state index in [4.69, 9.17) is 4.74 Å². The second kappa shape index (κ2) is 5.55. The zero-order chi connectivity index (χ0) is 15.7. The maximum Gasteiger partial charge on any atom is 0.337 e. The molecule has 2 rings (SSSR count). The number of allylic oxidation sites excluding steroid dienone is 1. The van der Waals surface area contributed by atoms with Gasteiger partial charge in [-0.25, -0.2) is 14.0 Å². The Morgan fingerprint density at radius 2 is 2.00 bits per heavy atom. The number of carbonyl (C=O) groups excluding carboxylic acids is 2. The lowest BCUT2D eigenvalue weighted by molar-refractivity contribution is -0.137. The van der Waals surface area contributed by atoms with Crippen LogP contribution in [0.1, 0.15) is 18.5 Å². The lowest BCUT2D eigenvalue weighted by Gasteiger charge is -2.39. The summed E-state index contributed by atoms with van der Waals surface area (Å²) in [6, 6.07) is 4.92. The monoisotopic (exact) mass is 292 g/mol. The lowest BCUT2D eigenvalue weighted by atomic mass is 9.93. The highest BCUT2D eigenvalue weighted by atomic mass is 19.1. The van der Waals surface area contributed by atoms with Gasteiger partial charge in [0, 0.05) is 19.8 Å². The average molecular weight is 292 g/mol. The number of methoxy groups -OCH3 is 1. The van der Waals surface area contributed by atoms with Crippen LogP contribution < -0.4 is 0 Å². The van der Waals surface area contributed by atoms with Crippen LogP contribution in [-0.2, 0) is 9.53 Å². The number of esters is 1. The molecule has 1 aliphatic heterocycles. The molecule has 0 saturated heterocycles. The van der Waals surface area contributed by atoms with Gasteiger partial charge in [0.2, 0.25) is 0 Å². The fourth-order valence-electron chi connectivity index (χ4n) is 2.50. The molecule has 2 amide bonds. The van der Waals surface area contributed by atoms with Crippen molar-refractivity contribution < 1.29 is 18.7 Å². The fourth-order valence-corrected chi connectivity index (χ4v) is 2.50. The van der Waals surface area contributed by atoms with E-state index in [2.05, 4.69) is 0 Å². The van der Waals surface area contributed by atoms with Crippen LogP contribution in [0.25, 0.3) is 0 Å². The van der Waals surface area contributed by atoms with Crippen molar-refractivity contribution in [3.8, 4) is 0 Å². The van der Waals surface area contributed by atoms with Crippen LogP contribution in [0.5, 0.6) is 0 Å². The van der Waals surface area contributed by atoms with Gasteiger partial charge in [0.15, 0.2) is 0 Å². The molecule has 1 aromatic carbocycles. The van der Waals surface area contributed by atoms with Crippen LogP contribution in [0.15, 0.2) is 35.5 Å². The summed E-state index contributed by atoms with van der Waals surface area (Å²) in [6.45, 7) is 1.67. The third-order valence-electron chi connectivity index (χ3n) is 3.71. The molecule has 0 radical (unpaired) electrons. The highest BCUT2D eigenvalue weighted by Gasteiger charge is 2.39. The molecule has 1 aromatic rings. The summed E-state index contributed by atoms with van der Waals surface area (Å²) in [5.41, 5.74) is 1.35. The molecule has 5 nitrogen and oxygen atoms in total. The summed E-state index contributed by atoms with van der Waals surface area (Å²) in [5.74, 6) is -0.956. The number of carbonyl (C=O) groups is 2. The number of hydrogen-bond acceptors (Lipinski definition) is 3. The molecule has 0 spiro atoms. The van der Waals surface area contributed by atoms with Gasteiger partial charge in [0.25, 0.3) is 0 Å². The summed E-state index contributed by atoms with van der Waals surface area (Å²) >= 11 is 0. The third-order valence-corrected chi connectivity index (χ3v) is 3.71. The minimum atomic E-state index is -0.670. The summed E-state index contributed by atoms with van der Waals surface area (Å²) < 4.78 is 18.3. The summed E-state index contributed by atoms with van der Waals surface area (Å²) in [6.07, 6.45) is 0. The van der Waals surface area contributed by atoms with Gasteiger partial charge in [-0.2, -0.15) is 0 Å². The van der Waals surface area contributed by atoms with E-state index >= 15 is 0 Å². The van der Waals surface area contributed by atoms with Crippen molar-refractivity contribution in [3.05, 3.63) is 46.9 Å². The van der Waals surface area contributed by atoms with E-state index in [9.17, 15) is 14.0 Å².